The number of fused-ring (bicyclic) bond motifs is 1. The average molecular weight is 421 g/mol. The van der Waals surface area contributed by atoms with E-state index in [1.54, 1.807) is 16.8 Å². The van der Waals surface area contributed by atoms with Crippen LogP contribution in [0.1, 0.15) is 36.8 Å². The molecule has 162 valence electrons. The van der Waals surface area contributed by atoms with Crippen molar-refractivity contribution in [1.29, 1.82) is 0 Å². The van der Waals surface area contributed by atoms with E-state index in [9.17, 15) is 9.59 Å². The molecule has 2 unspecified atom stereocenters. The number of carbonyl (C=O) groups is 2. The third kappa shape index (κ3) is 3.12. The number of nitrogens with zero attached hydrogens (tertiary/aromatic N) is 2. The highest BCUT2D eigenvalue weighted by molar-refractivity contribution is 6.03. The smallest absolute Gasteiger partial charge is 0.234 e. The van der Waals surface area contributed by atoms with Gasteiger partial charge >= 0.3 is 0 Å². The van der Waals surface area contributed by atoms with E-state index in [4.69, 9.17) is 9.15 Å². The Hall–Kier alpha value is -2.86. The first-order chi connectivity index (χ1) is 14.8. The molecule has 2 bridgehead atoms. The van der Waals surface area contributed by atoms with Crippen LogP contribution in [0.15, 0.2) is 53.0 Å². The maximum absolute atomic E-state index is 13.5. The van der Waals surface area contributed by atoms with Gasteiger partial charge in [0, 0.05) is 12.7 Å². The maximum atomic E-state index is 13.5. The molecule has 4 heterocycles. The lowest BCUT2D eigenvalue weighted by Crippen LogP contribution is -2.44. The zero-order chi connectivity index (χ0) is 21.9. The molecule has 1 aromatic heterocycles. The van der Waals surface area contributed by atoms with Crippen molar-refractivity contribution in [3.8, 4) is 0 Å². The number of ether oxygens (including phenoxy) is 1. The molecule has 6 heteroatoms. The van der Waals surface area contributed by atoms with Gasteiger partial charge in [-0.05, 0) is 42.7 Å². The van der Waals surface area contributed by atoms with Crippen LogP contribution in [-0.2, 0) is 20.9 Å². The molecule has 2 saturated heterocycles. The number of furan rings is 1. The van der Waals surface area contributed by atoms with Crippen molar-refractivity contribution in [2.45, 2.75) is 44.9 Å². The van der Waals surface area contributed by atoms with Crippen molar-refractivity contribution in [2.24, 2.45) is 11.8 Å². The molecule has 6 nitrogen and oxygen atoms in total. The first-order valence-corrected chi connectivity index (χ1v) is 10.9. The Bertz CT molecular complexity index is 1050. The van der Waals surface area contributed by atoms with Gasteiger partial charge in [0.05, 0.1) is 31.0 Å². The van der Waals surface area contributed by atoms with Gasteiger partial charge in [-0.25, -0.2) is 0 Å². The highest BCUT2D eigenvalue weighted by Gasteiger charge is 2.67. The van der Waals surface area contributed by atoms with Crippen molar-refractivity contribution in [1.82, 2.24) is 4.90 Å². The lowest BCUT2D eigenvalue weighted by Gasteiger charge is -2.27. The van der Waals surface area contributed by atoms with E-state index in [1.807, 2.05) is 43.3 Å². The van der Waals surface area contributed by atoms with Crippen LogP contribution in [-0.4, -0.2) is 42.0 Å². The molecule has 4 atom stereocenters. The summed E-state index contributed by atoms with van der Waals surface area (Å²) >= 11 is 0. The van der Waals surface area contributed by atoms with Crippen LogP contribution in [0.3, 0.4) is 0 Å². The van der Waals surface area contributed by atoms with E-state index in [0.29, 0.717) is 19.0 Å². The number of benzene rings is 1. The summed E-state index contributed by atoms with van der Waals surface area (Å²) in [4.78, 5) is 30.3. The molecule has 0 N–H and O–H groups in total. The first kappa shape index (κ1) is 20.1. The van der Waals surface area contributed by atoms with Gasteiger partial charge in [0.15, 0.2) is 0 Å². The second kappa shape index (κ2) is 7.09. The van der Waals surface area contributed by atoms with Gasteiger partial charge in [-0.3, -0.25) is 9.59 Å². The number of rotatable bonds is 5. The zero-order valence-corrected chi connectivity index (χ0v) is 18.4. The predicted molar refractivity (Wildman–Crippen MR) is 117 cm³/mol. The fourth-order valence-corrected chi connectivity index (χ4v) is 5.17. The topological polar surface area (TPSA) is 63.0 Å². The summed E-state index contributed by atoms with van der Waals surface area (Å²) in [6.07, 6.45) is 3.58. The Labute approximate surface area is 182 Å². The molecule has 1 spiro atoms. The number of hydrogen-bond acceptors (Lipinski definition) is 4. The monoisotopic (exact) mass is 420 g/mol. The standard InChI is InChI=1S/C25H28N2O4/c1-15(2)17-6-8-18(9-7-17)27-14-25-12-11-20(31-25)21(22(25)24(27)29)23(28)26(4)13-19-10-5-16(3)30-19/h5-12,15,20-22H,13-14H2,1-4H3/t20-,21?,22?,25-/m0/s1. The maximum Gasteiger partial charge on any atom is 0.234 e. The van der Waals surface area contributed by atoms with Crippen LogP contribution in [0.2, 0.25) is 0 Å². The van der Waals surface area contributed by atoms with Crippen LogP contribution < -0.4 is 4.90 Å². The van der Waals surface area contributed by atoms with Gasteiger partial charge in [0.2, 0.25) is 11.8 Å². The Morgan fingerprint density at radius 2 is 1.97 bits per heavy atom. The molecule has 2 amide bonds. The highest BCUT2D eigenvalue weighted by atomic mass is 16.5. The number of aryl methyl sites for hydroxylation is 1. The van der Waals surface area contributed by atoms with E-state index >= 15 is 0 Å². The van der Waals surface area contributed by atoms with Gasteiger partial charge in [0.1, 0.15) is 17.1 Å². The van der Waals surface area contributed by atoms with Crippen molar-refractivity contribution in [3.05, 3.63) is 65.6 Å². The predicted octanol–water partition coefficient (Wildman–Crippen LogP) is 3.66. The lowest BCUT2D eigenvalue weighted by molar-refractivity contribution is -0.139. The minimum Gasteiger partial charge on any atom is -0.464 e. The Morgan fingerprint density at radius 1 is 1.23 bits per heavy atom. The highest BCUT2D eigenvalue weighted by Crippen LogP contribution is 2.53. The van der Waals surface area contributed by atoms with Crippen molar-refractivity contribution < 1.29 is 18.7 Å². The van der Waals surface area contributed by atoms with Gasteiger partial charge < -0.3 is 19.0 Å². The summed E-state index contributed by atoms with van der Waals surface area (Å²) in [6, 6.07) is 11.9. The van der Waals surface area contributed by atoms with Gasteiger partial charge in [-0.2, -0.15) is 0 Å². The van der Waals surface area contributed by atoms with E-state index in [0.717, 1.165) is 17.2 Å². The second-order valence-electron chi connectivity index (χ2n) is 9.28. The minimum atomic E-state index is -0.721. The number of hydrogen-bond donors (Lipinski definition) is 0. The summed E-state index contributed by atoms with van der Waals surface area (Å²) in [5.41, 5.74) is 1.36. The summed E-state index contributed by atoms with van der Waals surface area (Å²) in [5, 5.41) is 0. The van der Waals surface area contributed by atoms with Gasteiger partial charge in [0.25, 0.3) is 0 Å². The SMILES string of the molecule is Cc1ccc(CN(C)C(=O)C2C3C(=O)N(c4ccc(C(C)C)cc4)C[C@@]34C=C[C@@H]2O4)o1. The average Bonchev–Trinajstić information content (AvgIpc) is 3.49. The van der Waals surface area contributed by atoms with Gasteiger partial charge in [-0.15, -0.1) is 0 Å². The summed E-state index contributed by atoms with van der Waals surface area (Å²) < 4.78 is 11.9. The molecule has 5 rings (SSSR count). The molecule has 2 aromatic rings. The van der Waals surface area contributed by atoms with E-state index in [2.05, 4.69) is 26.0 Å². The molecule has 31 heavy (non-hydrogen) atoms. The normalized spacial score (nSPS) is 28.6. The number of carbonyl (C=O) groups excluding carboxylic acids is 2. The third-order valence-electron chi connectivity index (χ3n) is 6.82. The molecule has 3 aliphatic rings. The second-order valence-corrected chi connectivity index (χ2v) is 9.28. The summed E-state index contributed by atoms with van der Waals surface area (Å²) in [5.74, 6) is 0.835. The number of anilines is 1. The number of amides is 2. The minimum absolute atomic E-state index is 0.0373. The lowest BCUT2D eigenvalue weighted by atomic mass is 9.76. The molecule has 2 fully saturated rings. The van der Waals surface area contributed by atoms with E-state index in [-0.39, 0.29) is 17.9 Å². The van der Waals surface area contributed by atoms with E-state index < -0.39 is 17.4 Å². The molecule has 0 aliphatic carbocycles. The molecule has 0 radical (unpaired) electrons. The quantitative estimate of drug-likeness (QED) is 0.693. The zero-order valence-electron chi connectivity index (χ0n) is 18.4. The summed E-state index contributed by atoms with van der Waals surface area (Å²) in [7, 11) is 1.75. The first-order valence-electron chi connectivity index (χ1n) is 10.9. The summed E-state index contributed by atoms with van der Waals surface area (Å²) in [6.45, 7) is 6.98. The molecule has 1 aromatic carbocycles. The molecule has 0 saturated carbocycles. The van der Waals surface area contributed by atoms with Gasteiger partial charge in [-0.1, -0.05) is 38.1 Å². The fraction of sp³-hybridized carbons (Fsp3) is 0.440. The Kier molecular flexibility index (Phi) is 4.59. The largest absolute Gasteiger partial charge is 0.464 e. The van der Waals surface area contributed by atoms with Crippen LogP contribution in [0, 0.1) is 18.8 Å². The van der Waals surface area contributed by atoms with Crippen molar-refractivity contribution in [3.63, 3.8) is 0 Å². The molecular weight excluding hydrogens is 392 g/mol. The van der Waals surface area contributed by atoms with Crippen LogP contribution in [0.5, 0.6) is 0 Å². The van der Waals surface area contributed by atoms with Crippen molar-refractivity contribution >= 4 is 17.5 Å². The molecular formula is C25H28N2O4. The fourth-order valence-electron chi connectivity index (χ4n) is 5.17. The third-order valence-corrected chi connectivity index (χ3v) is 6.82. The molecule has 3 aliphatic heterocycles. The van der Waals surface area contributed by atoms with Crippen molar-refractivity contribution in [2.75, 3.05) is 18.5 Å². The van der Waals surface area contributed by atoms with Crippen LogP contribution in [0.4, 0.5) is 5.69 Å². The van der Waals surface area contributed by atoms with E-state index in [1.165, 1.54) is 5.56 Å². The van der Waals surface area contributed by atoms with Crippen LogP contribution in [0.25, 0.3) is 0 Å². The Balaban J connectivity index is 1.39. The Morgan fingerprint density at radius 3 is 2.61 bits per heavy atom. The van der Waals surface area contributed by atoms with Crippen LogP contribution >= 0.6 is 0 Å².